The predicted molar refractivity (Wildman–Crippen MR) is 72.9 cm³/mol. The van der Waals surface area contributed by atoms with Crippen LogP contribution in [0.4, 0.5) is 5.95 Å². The number of anilines is 1. The van der Waals surface area contributed by atoms with Crippen molar-refractivity contribution in [3.05, 3.63) is 34.3 Å². The molecule has 0 aliphatic heterocycles. The van der Waals surface area contributed by atoms with Gasteiger partial charge in [0.25, 0.3) is 5.56 Å². The van der Waals surface area contributed by atoms with Crippen LogP contribution >= 0.6 is 0 Å². The molecular formula is C12H15N5O3. The average molecular weight is 277 g/mol. The van der Waals surface area contributed by atoms with E-state index >= 15 is 0 Å². The van der Waals surface area contributed by atoms with Gasteiger partial charge < -0.3 is 26.2 Å². The molecule has 0 saturated carbocycles. The smallest absolute Gasteiger partial charge is 0.262 e. The Morgan fingerprint density at radius 2 is 2.20 bits per heavy atom. The van der Waals surface area contributed by atoms with E-state index in [0.29, 0.717) is 17.6 Å². The summed E-state index contributed by atoms with van der Waals surface area (Å²) in [5, 5.41) is 22.6. The Hall–Kier alpha value is -2.16. The van der Waals surface area contributed by atoms with Crippen LogP contribution in [0.3, 0.4) is 0 Å². The fourth-order valence-corrected chi connectivity index (χ4v) is 2.35. The number of aliphatic hydroxyl groups is 2. The van der Waals surface area contributed by atoms with Gasteiger partial charge in [0.05, 0.1) is 17.5 Å². The van der Waals surface area contributed by atoms with Crippen molar-refractivity contribution in [1.29, 1.82) is 0 Å². The number of aromatic amines is 2. The topological polar surface area (TPSA) is 140 Å². The van der Waals surface area contributed by atoms with Crippen molar-refractivity contribution >= 4 is 17.0 Å². The molecule has 3 rings (SSSR count). The number of rotatable bonds is 3. The van der Waals surface area contributed by atoms with Crippen molar-refractivity contribution in [3.63, 3.8) is 0 Å². The highest BCUT2D eigenvalue weighted by Gasteiger charge is 2.27. The first-order valence-electron chi connectivity index (χ1n) is 6.20. The minimum Gasteiger partial charge on any atom is -0.388 e. The first kappa shape index (κ1) is 12.9. The minimum absolute atomic E-state index is 0.0566. The Labute approximate surface area is 113 Å². The highest BCUT2D eigenvalue weighted by Crippen LogP contribution is 2.15. The Bertz CT molecular complexity index is 719. The van der Waals surface area contributed by atoms with Gasteiger partial charge in [0.1, 0.15) is 11.8 Å². The van der Waals surface area contributed by atoms with E-state index in [1.165, 1.54) is 6.08 Å². The number of nitrogens with one attached hydrogen (secondary N) is 3. The summed E-state index contributed by atoms with van der Waals surface area (Å²) in [6, 6.07) is -0.351. The molecule has 0 saturated heterocycles. The van der Waals surface area contributed by atoms with Crippen molar-refractivity contribution in [2.45, 2.75) is 24.8 Å². The second kappa shape index (κ2) is 4.75. The third-order valence-electron chi connectivity index (χ3n) is 3.40. The number of aliphatic hydroxyl groups excluding tert-OH is 2. The lowest BCUT2D eigenvalue weighted by Gasteiger charge is -2.17. The summed E-state index contributed by atoms with van der Waals surface area (Å²) in [7, 11) is 0. The van der Waals surface area contributed by atoms with Crippen LogP contribution in [0.5, 0.6) is 0 Å². The van der Waals surface area contributed by atoms with Gasteiger partial charge in [-0.05, 0) is 5.56 Å². The first-order chi connectivity index (χ1) is 9.56. The van der Waals surface area contributed by atoms with Gasteiger partial charge >= 0.3 is 0 Å². The summed E-state index contributed by atoms with van der Waals surface area (Å²) in [6.07, 6.45) is 3.16. The van der Waals surface area contributed by atoms with Gasteiger partial charge in [-0.15, -0.1) is 0 Å². The minimum atomic E-state index is -0.882. The summed E-state index contributed by atoms with van der Waals surface area (Å²) in [6.45, 7) is 0.355. The lowest BCUT2D eigenvalue weighted by Crippen LogP contribution is -2.40. The van der Waals surface area contributed by atoms with Gasteiger partial charge in [0.2, 0.25) is 5.95 Å². The average Bonchev–Trinajstić information content (AvgIpc) is 2.93. The standard InChI is InChI=1S/C12H15N5O3/c13-12-16-10-8(11(20)17-12)5(4-15-10)3-14-6-1-2-7(18)9(6)19/h1-2,4,6-7,9,14,18-19H,3H2,(H4,13,15,16,17,20)/t6?,7-,9+/m0/s1. The molecule has 2 heterocycles. The molecule has 2 aromatic rings. The summed E-state index contributed by atoms with van der Waals surface area (Å²) < 4.78 is 0. The maximum atomic E-state index is 11.9. The van der Waals surface area contributed by atoms with Gasteiger partial charge in [0.15, 0.2) is 0 Å². The molecule has 2 aromatic heterocycles. The van der Waals surface area contributed by atoms with E-state index in [4.69, 9.17) is 5.73 Å². The number of hydrogen-bond donors (Lipinski definition) is 6. The van der Waals surface area contributed by atoms with Gasteiger partial charge in [-0.25, -0.2) is 0 Å². The quantitative estimate of drug-likeness (QED) is 0.381. The molecule has 1 unspecified atom stereocenters. The first-order valence-corrected chi connectivity index (χ1v) is 6.20. The van der Waals surface area contributed by atoms with Crippen LogP contribution in [0, 0.1) is 0 Å². The maximum absolute atomic E-state index is 11.9. The Morgan fingerprint density at radius 3 is 2.90 bits per heavy atom. The van der Waals surface area contributed by atoms with E-state index in [0.717, 1.165) is 5.56 Å². The lowest BCUT2D eigenvalue weighted by atomic mass is 10.1. The van der Waals surface area contributed by atoms with E-state index in [1.54, 1.807) is 12.3 Å². The number of hydrogen-bond acceptors (Lipinski definition) is 6. The fraction of sp³-hybridized carbons (Fsp3) is 0.333. The maximum Gasteiger partial charge on any atom is 0.262 e. The molecule has 0 bridgehead atoms. The predicted octanol–water partition coefficient (Wildman–Crippen LogP) is -1.42. The Balaban J connectivity index is 1.82. The van der Waals surface area contributed by atoms with Gasteiger partial charge in [-0.2, -0.15) is 4.98 Å². The third-order valence-corrected chi connectivity index (χ3v) is 3.40. The molecule has 0 amide bonds. The fourth-order valence-electron chi connectivity index (χ4n) is 2.35. The van der Waals surface area contributed by atoms with Crippen LogP contribution < -0.4 is 16.6 Å². The zero-order chi connectivity index (χ0) is 14.3. The number of nitrogen functional groups attached to an aromatic ring is 1. The van der Waals surface area contributed by atoms with Crippen molar-refractivity contribution in [1.82, 2.24) is 20.3 Å². The van der Waals surface area contributed by atoms with Gasteiger partial charge in [0, 0.05) is 12.7 Å². The van der Waals surface area contributed by atoms with Crippen LogP contribution in [-0.2, 0) is 6.54 Å². The summed E-state index contributed by atoms with van der Waals surface area (Å²) in [4.78, 5) is 21.2. The zero-order valence-electron chi connectivity index (χ0n) is 10.5. The monoisotopic (exact) mass is 277 g/mol. The number of fused-ring (bicyclic) bond motifs is 1. The highest BCUT2D eigenvalue weighted by molar-refractivity contribution is 5.79. The SMILES string of the molecule is Nc1nc2[nH]cc(CNC3C=C[C@H](O)[C@@H]3O)c2c(=O)[nH]1. The van der Waals surface area contributed by atoms with Gasteiger partial charge in [-0.1, -0.05) is 12.2 Å². The third kappa shape index (κ3) is 2.09. The molecule has 0 fully saturated rings. The van der Waals surface area contributed by atoms with Crippen molar-refractivity contribution in [2.24, 2.45) is 0 Å². The molecule has 0 spiro atoms. The molecule has 8 nitrogen and oxygen atoms in total. The van der Waals surface area contributed by atoms with E-state index in [2.05, 4.69) is 20.3 Å². The van der Waals surface area contributed by atoms with Crippen molar-refractivity contribution < 1.29 is 10.2 Å². The second-order valence-corrected chi connectivity index (χ2v) is 4.76. The number of H-pyrrole nitrogens is 2. The molecule has 1 aliphatic carbocycles. The zero-order valence-corrected chi connectivity index (χ0v) is 10.5. The summed E-state index contributed by atoms with van der Waals surface area (Å²) in [5.74, 6) is 0.0566. The molecular weight excluding hydrogens is 262 g/mol. The molecule has 3 atom stereocenters. The molecule has 0 radical (unpaired) electrons. The van der Waals surface area contributed by atoms with Crippen LogP contribution in [0.15, 0.2) is 23.1 Å². The number of nitrogens with zero attached hydrogens (tertiary/aromatic N) is 1. The number of nitrogens with two attached hydrogens (primary N) is 1. The van der Waals surface area contributed by atoms with E-state index < -0.39 is 12.2 Å². The van der Waals surface area contributed by atoms with Crippen molar-refractivity contribution in [3.8, 4) is 0 Å². The molecule has 20 heavy (non-hydrogen) atoms. The molecule has 7 N–H and O–H groups in total. The number of aromatic nitrogens is 3. The molecule has 106 valence electrons. The van der Waals surface area contributed by atoms with Crippen LogP contribution in [0.25, 0.3) is 11.0 Å². The molecule has 0 aromatic carbocycles. The van der Waals surface area contributed by atoms with Gasteiger partial charge in [-0.3, -0.25) is 9.78 Å². The normalized spacial score (nSPS) is 25.6. The van der Waals surface area contributed by atoms with E-state index in [-0.39, 0.29) is 17.5 Å². The summed E-state index contributed by atoms with van der Waals surface area (Å²) in [5.41, 5.74) is 6.30. The Kier molecular flexibility index (Phi) is 3.05. The largest absolute Gasteiger partial charge is 0.388 e. The second-order valence-electron chi connectivity index (χ2n) is 4.76. The highest BCUT2D eigenvalue weighted by atomic mass is 16.3. The molecule has 1 aliphatic rings. The molecule has 8 heteroatoms. The van der Waals surface area contributed by atoms with Crippen LogP contribution in [-0.4, -0.2) is 43.4 Å². The Morgan fingerprint density at radius 1 is 1.40 bits per heavy atom. The van der Waals surface area contributed by atoms with Crippen LogP contribution in [0.1, 0.15) is 5.56 Å². The van der Waals surface area contributed by atoms with E-state index in [9.17, 15) is 15.0 Å². The van der Waals surface area contributed by atoms with E-state index in [1.807, 2.05) is 0 Å². The van der Waals surface area contributed by atoms with Crippen molar-refractivity contribution in [2.75, 3.05) is 5.73 Å². The lowest BCUT2D eigenvalue weighted by molar-refractivity contribution is 0.0441. The summed E-state index contributed by atoms with van der Waals surface area (Å²) >= 11 is 0. The van der Waals surface area contributed by atoms with Crippen LogP contribution in [0.2, 0.25) is 0 Å².